The smallest absolute Gasteiger partial charge is 0.207 e. The molecule has 4 nitrogen and oxygen atoms in total. The van der Waals surface area contributed by atoms with Crippen LogP contribution in [0, 0.1) is 0 Å². The van der Waals surface area contributed by atoms with E-state index >= 15 is 0 Å². The molecule has 0 fully saturated rings. The van der Waals surface area contributed by atoms with Crippen LogP contribution in [0.3, 0.4) is 0 Å². The first-order valence-corrected chi connectivity index (χ1v) is 14.2. The molecular weight excluding hydrogens is 531 g/mol. The van der Waals surface area contributed by atoms with Gasteiger partial charge < -0.3 is 4.57 Å². The molecule has 5 rings (SSSR count). The Morgan fingerprint density at radius 1 is 0.842 bits per heavy atom. The summed E-state index contributed by atoms with van der Waals surface area (Å²) in [4.78, 5) is 27.7. The molecule has 0 bridgehead atoms. The fourth-order valence-electron chi connectivity index (χ4n) is 4.68. The van der Waals surface area contributed by atoms with Crippen LogP contribution in [0.25, 0.3) is 21.8 Å². The molecule has 38 heavy (non-hydrogen) atoms. The number of carbonyl (C=O) groups excluding carboxylic acids is 2. The van der Waals surface area contributed by atoms with Crippen LogP contribution in [0.1, 0.15) is 39.6 Å². The monoisotopic (exact) mass is 556 g/mol. The molecule has 0 aliphatic rings. The molecule has 1 atom stereocenters. The lowest BCUT2D eigenvalue weighted by molar-refractivity contribution is 0.103. The lowest BCUT2D eigenvalue weighted by Crippen LogP contribution is -2.14. The zero-order valence-corrected chi connectivity index (χ0v) is 23.6. The predicted octanol–water partition coefficient (Wildman–Crippen LogP) is 8.30. The summed E-state index contributed by atoms with van der Waals surface area (Å²) in [5.74, 6) is 0.614. The molecule has 5 aromatic rings. The quantitative estimate of drug-likeness (QED) is 0.0794. The topological polar surface area (TPSA) is 51.4 Å². The van der Waals surface area contributed by atoms with Crippen molar-refractivity contribution in [1.82, 2.24) is 4.57 Å². The zero-order valence-electron chi connectivity index (χ0n) is 20.9. The van der Waals surface area contributed by atoms with Gasteiger partial charge >= 0.3 is 0 Å². The maximum atomic E-state index is 13.4. The maximum absolute atomic E-state index is 13.4. The first kappa shape index (κ1) is 26.4. The van der Waals surface area contributed by atoms with Crippen molar-refractivity contribution in [1.29, 1.82) is 0 Å². The third kappa shape index (κ3) is 5.33. The van der Waals surface area contributed by atoms with E-state index in [0.717, 1.165) is 39.0 Å². The minimum Gasteiger partial charge on any atom is -0.341 e. The Morgan fingerprint density at radius 3 is 2.11 bits per heavy atom. The SMILES string of the molecule is CCn1c2ccc(C(=O)C(CCSc3ccc(Cl)cc3)=NP)cc2c2cc(C(=O)c3ccccc3)ccc21. The van der Waals surface area contributed by atoms with Crippen molar-refractivity contribution in [2.24, 2.45) is 4.76 Å². The van der Waals surface area contributed by atoms with Gasteiger partial charge in [0.15, 0.2) is 5.78 Å². The first-order chi connectivity index (χ1) is 18.5. The van der Waals surface area contributed by atoms with E-state index in [9.17, 15) is 9.59 Å². The number of nitrogens with zero attached hydrogens (tertiary/aromatic N) is 2. The fraction of sp³-hybridized carbons (Fsp3) is 0.129. The number of halogens is 1. The molecule has 1 aromatic heterocycles. The number of ketones is 2. The van der Waals surface area contributed by atoms with Gasteiger partial charge in [0.05, 0.1) is 5.71 Å². The summed E-state index contributed by atoms with van der Waals surface area (Å²) in [6, 6.07) is 28.6. The van der Waals surface area contributed by atoms with Crippen molar-refractivity contribution >= 4 is 71.8 Å². The van der Waals surface area contributed by atoms with Gasteiger partial charge in [-0.05, 0) is 77.0 Å². The summed E-state index contributed by atoms with van der Waals surface area (Å²) in [5.41, 5.74) is 4.45. The Kier molecular flexibility index (Phi) is 8.09. The van der Waals surface area contributed by atoms with E-state index in [-0.39, 0.29) is 11.6 Å². The zero-order chi connectivity index (χ0) is 26.6. The van der Waals surface area contributed by atoms with E-state index in [4.69, 9.17) is 11.6 Å². The number of hydrogen-bond donors (Lipinski definition) is 0. The highest BCUT2D eigenvalue weighted by atomic mass is 35.5. The average Bonchev–Trinajstić information content (AvgIpc) is 3.28. The Balaban J connectivity index is 1.45. The molecule has 0 aliphatic carbocycles. The number of hydrogen-bond acceptors (Lipinski definition) is 4. The van der Waals surface area contributed by atoms with Crippen LogP contribution < -0.4 is 0 Å². The Bertz CT molecular complexity index is 1680. The van der Waals surface area contributed by atoms with Crippen LogP contribution in [-0.4, -0.2) is 27.6 Å². The largest absolute Gasteiger partial charge is 0.341 e. The highest BCUT2D eigenvalue weighted by Gasteiger charge is 2.18. The van der Waals surface area contributed by atoms with Gasteiger partial charge in [-0.1, -0.05) is 41.9 Å². The number of aryl methyl sites for hydroxylation is 1. The van der Waals surface area contributed by atoms with E-state index in [0.29, 0.717) is 33.8 Å². The fourth-order valence-corrected chi connectivity index (χ4v) is 5.92. The van der Waals surface area contributed by atoms with Crippen LogP contribution >= 0.6 is 32.8 Å². The molecule has 190 valence electrons. The third-order valence-electron chi connectivity index (χ3n) is 6.58. The van der Waals surface area contributed by atoms with Gasteiger partial charge in [-0.3, -0.25) is 14.4 Å². The molecule has 1 heterocycles. The summed E-state index contributed by atoms with van der Waals surface area (Å²) in [7, 11) is 2.33. The molecule has 0 spiro atoms. The predicted molar refractivity (Wildman–Crippen MR) is 163 cm³/mol. The first-order valence-electron chi connectivity index (χ1n) is 12.4. The standard InChI is InChI=1S/C31H26ClN2O2PS/c1-2-34-28-14-8-21(30(35)20-6-4-3-5-7-20)18-25(28)26-19-22(9-15-29(26)34)31(36)27(33-37)16-17-38-24-12-10-23(32)11-13-24/h3-15,18-19H,2,16-17,37H2,1H3. The summed E-state index contributed by atoms with van der Waals surface area (Å²) < 4.78 is 6.46. The van der Waals surface area contributed by atoms with E-state index in [1.165, 1.54) is 0 Å². The Hall–Kier alpha value is -3.24. The van der Waals surface area contributed by atoms with Gasteiger partial charge in [0.2, 0.25) is 5.78 Å². The second kappa shape index (κ2) is 11.7. The van der Waals surface area contributed by atoms with Crippen molar-refractivity contribution in [3.05, 3.63) is 113 Å². The molecule has 1 unspecified atom stereocenters. The van der Waals surface area contributed by atoms with Gasteiger partial charge in [0, 0.05) is 67.1 Å². The second-order valence-corrected chi connectivity index (χ2v) is 10.7. The van der Waals surface area contributed by atoms with E-state index in [2.05, 4.69) is 25.6 Å². The maximum Gasteiger partial charge on any atom is 0.207 e. The highest BCUT2D eigenvalue weighted by Crippen LogP contribution is 2.32. The molecule has 0 aliphatic heterocycles. The Labute approximate surface area is 233 Å². The lowest BCUT2D eigenvalue weighted by Gasteiger charge is -2.07. The number of thioether (sulfide) groups is 1. The third-order valence-corrected chi connectivity index (χ3v) is 8.16. The van der Waals surface area contributed by atoms with Crippen LogP contribution in [0.5, 0.6) is 0 Å². The molecule has 0 amide bonds. The summed E-state index contributed by atoms with van der Waals surface area (Å²) in [5, 5.41) is 2.61. The van der Waals surface area contributed by atoms with E-state index < -0.39 is 0 Å². The van der Waals surface area contributed by atoms with Crippen LogP contribution in [0.2, 0.25) is 5.02 Å². The minimum atomic E-state index is -0.0903. The van der Waals surface area contributed by atoms with Crippen LogP contribution in [0.4, 0.5) is 0 Å². The molecular formula is C31H26ClN2O2PS. The van der Waals surface area contributed by atoms with Gasteiger partial charge in [0.1, 0.15) is 0 Å². The van der Waals surface area contributed by atoms with Crippen molar-refractivity contribution in [3.63, 3.8) is 0 Å². The van der Waals surface area contributed by atoms with Crippen LogP contribution in [-0.2, 0) is 6.54 Å². The van der Waals surface area contributed by atoms with Crippen molar-refractivity contribution in [3.8, 4) is 0 Å². The van der Waals surface area contributed by atoms with Crippen molar-refractivity contribution in [2.45, 2.75) is 24.8 Å². The van der Waals surface area contributed by atoms with Gasteiger partial charge in [-0.15, -0.1) is 11.8 Å². The molecule has 7 heteroatoms. The molecule has 0 saturated carbocycles. The lowest BCUT2D eigenvalue weighted by atomic mass is 9.99. The summed E-state index contributed by atoms with van der Waals surface area (Å²) >= 11 is 7.64. The van der Waals surface area contributed by atoms with Crippen molar-refractivity contribution in [2.75, 3.05) is 5.75 Å². The number of benzene rings is 4. The number of fused-ring (bicyclic) bond motifs is 3. The summed E-state index contributed by atoms with van der Waals surface area (Å²) in [6.07, 6.45) is 0.542. The minimum absolute atomic E-state index is 0.0206. The number of Topliss-reactive ketones (excluding diaryl/α,β-unsaturated/α-hetero) is 1. The Morgan fingerprint density at radius 2 is 1.47 bits per heavy atom. The van der Waals surface area contributed by atoms with E-state index in [1.54, 1.807) is 11.8 Å². The number of rotatable bonds is 9. The highest BCUT2D eigenvalue weighted by molar-refractivity contribution is 7.99. The van der Waals surface area contributed by atoms with Gasteiger partial charge in [-0.25, -0.2) is 0 Å². The number of aromatic nitrogens is 1. The molecule has 0 N–H and O–H groups in total. The average molecular weight is 557 g/mol. The molecule has 4 aromatic carbocycles. The normalized spacial score (nSPS) is 11.8. The van der Waals surface area contributed by atoms with Gasteiger partial charge in [-0.2, -0.15) is 0 Å². The van der Waals surface area contributed by atoms with Crippen LogP contribution in [0.15, 0.2) is 101 Å². The second-order valence-electron chi connectivity index (χ2n) is 8.86. The van der Waals surface area contributed by atoms with E-state index in [1.807, 2.05) is 91.0 Å². The number of carbonyl (C=O) groups is 2. The van der Waals surface area contributed by atoms with Crippen molar-refractivity contribution < 1.29 is 9.59 Å². The molecule has 0 radical (unpaired) electrons. The summed E-state index contributed by atoms with van der Waals surface area (Å²) in [6.45, 7) is 2.87. The van der Waals surface area contributed by atoms with Gasteiger partial charge in [0.25, 0.3) is 0 Å². The molecule has 0 saturated heterocycles.